The summed E-state index contributed by atoms with van der Waals surface area (Å²) in [4.78, 5) is 14.7. The summed E-state index contributed by atoms with van der Waals surface area (Å²) >= 11 is 0. The topological polar surface area (TPSA) is 52.6 Å². The van der Waals surface area contributed by atoms with Crippen LogP contribution in [0.1, 0.15) is 35.1 Å². The number of likely N-dealkylation sites (tertiary alicyclic amines) is 1. The Balaban J connectivity index is 1.54. The van der Waals surface area contributed by atoms with Crippen molar-refractivity contribution in [1.29, 1.82) is 0 Å². The molecule has 2 aromatic rings. The van der Waals surface area contributed by atoms with Crippen LogP contribution in [0.25, 0.3) is 0 Å². The number of hydrogen-bond acceptors (Lipinski definition) is 3. The first-order valence-electron chi connectivity index (χ1n) is 9.80. The first kappa shape index (κ1) is 19.6. The van der Waals surface area contributed by atoms with Crippen molar-refractivity contribution in [2.75, 3.05) is 19.6 Å². The van der Waals surface area contributed by atoms with Gasteiger partial charge in [-0.25, -0.2) is 0 Å². The minimum atomic E-state index is -1.30. The molecule has 27 heavy (non-hydrogen) atoms. The average Bonchev–Trinajstić information content (AvgIpc) is 2.64. The van der Waals surface area contributed by atoms with Crippen LogP contribution in [-0.2, 0) is 17.8 Å². The van der Waals surface area contributed by atoms with Crippen LogP contribution in [0.3, 0.4) is 0 Å². The van der Waals surface area contributed by atoms with Crippen molar-refractivity contribution in [3.63, 3.8) is 0 Å². The molecule has 4 heteroatoms. The second-order valence-electron chi connectivity index (χ2n) is 7.70. The highest BCUT2D eigenvalue weighted by Crippen LogP contribution is 2.24. The van der Waals surface area contributed by atoms with Crippen molar-refractivity contribution < 1.29 is 9.90 Å². The number of aliphatic hydroxyl groups is 1. The van der Waals surface area contributed by atoms with Crippen LogP contribution in [0, 0.1) is 13.8 Å². The van der Waals surface area contributed by atoms with E-state index in [0.717, 1.165) is 24.9 Å². The Hall–Kier alpha value is -2.17. The van der Waals surface area contributed by atoms with Gasteiger partial charge in [0.15, 0.2) is 5.60 Å². The van der Waals surface area contributed by atoms with Crippen molar-refractivity contribution in [2.24, 2.45) is 0 Å². The summed E-state index contributed by atoms with van der Waals surface area (Å²) in [7, 11) is 0. The number of hydrogen-bond donors (Lipinski definition) is 2. The maximum absolute atomic E-state index is 12.9. The van der Waals surface area contributed by atoms with Gasteiger partial charge in [0.25, 0.3) is 5.91 Å². The van der Waals surface area contributed by atoms with Crippen molar-refractivity contribution in [2.45, 2.75) is 45.3 Å². The van der Waals surface area contributed by atoms with Crippen LogP contribution in [0.2, 0.25) is 0 Å². The number of carbonyl (C=O) groups excluding carboxylic acids is 1. The molecule has 0 aromatic heterocycles. The summed E-state index contributed by atoms with van der Waals surface area (Å²) in [6.45, 7) is 6.48. The van der Waals surface area contributed by atoms with Gasteiger partial charge in [-0.05, 0) is 56.3 Å². The van der Waals surface area contributed by atoms with Crippen LogP contribution in [-0.4, -0.2) is 41.1 Å². The number of aryl methyl sites for hydroxylation is 2. The molecule has 2 aromatic carbocycles. The standard InChI is InChI=1S/C23H30N2O2/c1-18-7-5-9-20(15-18)16-25-14-6-12-23(27,22(25)26)17-24-13-11-21-10-4-3-8-19(21)2/h3-5,7-10,15,24,27H,6,11-14,16-17H2,1-2H3. The van der Waals surface area contributed by atoms with E-state index in [-0.39, 0.29) is 5.91 Å². The lowest BCUT2D eigenvalue weighted by Gasteiger charge is -2.38. The molecule has 1 unspecified atom stereocenters. The zero-order valence-electron chi connectivity index (χ0n) is 16.4. The zero-order valence-corrected chi connectivity index (χ0v) is 16.4. The molecule has 1 aliphatic heterocycles. The van der Waals surface area contributed by atoms with Gasteiger partial charge in [0.2, 0.25) is 0 Å². The van der Waals surface area contributed by atoms with Crippen LogP contribution in [0.5, 0.6) is 0 Å². The van der Waals surface area contributed by atoms with Gasteiger partial charge in [-0.3, -0.25) is 4.79 Å². The van der Waals surface area contributed by atoms with Gasteiger partial charge < -0.3 is 15.3 Å². The van der Waals surface area contributed by atoms with E-state index < -0.39 is 5.60 Å². The molecule has 0 spiro atoms. The molecule has 144 valence electrons. The van der Waals surface area contributed by atoms with Gasteiger partial charge >= 0.3 is 0 Å². The summed E-state index contributed by atoms with van der Waals surface area (Å²) in [6, 6.07) is 16.5. The van der Waals surface area contributed by atoms with Gasteiger partial charge in [-0.1, -0.05) is 54.1 Å². The molecule has 0 bridgehead atoms. The van der Waals surface area contributed by atoms with Crippen LogP contribution in [0.15, 0.2) is 48.5 Å². The lowest BCUT2D eigenvalue weighted by Crippen LogP contribution is -2.57. The molecular formula is C23H30N2O2. The van der Waals surface area contributed by atoms with Crippen LogP contribution >= 0.6 is 0 Å². The largest absolute Gasteiger partial charge is 0.379 e. The van der Waals surface area contributed by atoms with Gasteiger partial charge in [0.05, 0.1) is 0 Å². The third-order valence-corrected chi connectivity index (χ3v) is 5.41. The van der Waals surface area contributed by atoms with E-state index in [9.17, 15) is 9.90 Å². The summed E-state index contributed by atoms with van der Waals surface area (Å²) in [5.74, 6) is -0.154. The first-order valence-corrected chi connectivity index (χ1v) is 9.80. The molecule has 1 saturated heterocycles. The Labute approximate surface area is 162 Å². The first-order chi connectivity index (χ1) is 13.0. The summed E-state index contributed by atoms with van der Waals surface area (Å²) in [5, 5.41) is 14.2. The number of carbonyl (C=O) groups is 1. The molecule has 0 saturated carbocycles. The number of benzene rings is 2. The average molecular weight is 367 g/mol. The van der Waals surface area contributed by atoms with E-state index in [2.05, 4.69) is 43.4 Å². The van der Waals surface area contributed by atoms with Gasteiger partial charge in [-0.2, -0.15) is 0 Å². The highest BCUT2D eigenvalue weighted by atomic mass is 16.3. The Bertz CT molecular complexity index is 789. The van der Waals surface area contributed by atoms with Crippen molar-refractivity contribution >= 4 is 5.91 Å². The predicted octanol–water partition coefficient (Wildman–Crippen LogP) is 2.99. The maximum Gasteiger partial charge on any atom is 0.256 e. The monoisotopic (exact) mass is 366 g/mol. The second-order valence-corrected chi connectivity index (χ2v) is 7.70. The number of rotatable bonds is 7. The van der Waals surface area contributed by atoms with Gasteiger partial charge in [0, 0.05) is 19.6 Å². The molecule has 1 heterocycles. The molecule has 3 rings (SSSR count). The predicted molar refractivity (Wildman–Crippen MR) is 109 cm³/mol. The molecule has 1 atom stereocenters. The van der Waals surface area contributed by atoms with E-state index in [1.807, 2.05) is 24.3 Å². The quantitative estimate of drug-likeness (QED) is 0.741. The van der Waals surface area contributed by atoms with Gasteiger partial charge in [0.1, 0.15) is 0 Å². The van der Waals surface area contributed by atoms with E-state index >= 15 is 0 Å². The molecule has 2 N–H and O–H groups in total. The molecule has 1 fully saturated rings. The number of nitrogens with zero attached hydrogens (tertiary/aromatic N) is 1. The smallest absolute Gasteiger partial charge is 0.256 e. The fourth-order valence-corrected chi connectivity index (χ4v) is 3.82. The fourth-order valence-electron chi connectivity index (χ4n) is 3.82. The maximum atomic E-state index is 12.9. The second kappa shape index (κ2) is 8.68. The summed E-state index contributed by atoms with van der Waals surface area (Å²) in [6.07, 6.45) is 2.24. The third-order valence-electron chi connectivity index (χ3n) is 5.41. The molecule has 4 nitrogen and oxygen atoms in total. The van der Waals surface area contributed by atoms with Crippen LogP contribution in [0.4, 0.5) is 0 Å². The minimum absolute atomic E-state index is 0.154. The molecule has 1 amide bonds. The normalized spacial score (nSPS) is 20.1. The lowest BCUT2D eigenvalue weighted by atomic mass is 9.91. The highest BCUT2D eigenvalue weighted by Gasteiger charge is 2.41. The molecule has 1 aliphatic rings. The van der Waals surface area contributed by atoms with Crippen molar-refractivity contribution in [1.82, 2.24) is 10.2 Å². The minimum Gasteiger partial charge on any atom is -0.379 e. The molecule has 0 aliphatic carbocycles. The Kier molecular flexibility index (Phi) is 6.30. The van der Waals surface area contributed by atoms with E-state index in [1.165, 1.54) is 16.7 Å². The van der Waals surface area contributed by atoms with E-state index in [4.69, 9.17) is 0 Å². The number of nitrogens with one attached hydrogen (secondary N) is 1. The SMILES string of the molecule is Cc1cccc(CN2CCCC(O)(CNCCc3ccccc3C)C2=O)c1. The Morgan fingerprint density at radius 2 is 1.96 bits per heavy atom. The zero-order chi connectivity index (χ0) is 19.3. The van der Waals surface area contributed by atoms with Crippen LogP contribution < -0.4 is 5.32 Å². The lowest BCUT2D eigenvalue weighted by molar-refractivity contribution is -0.157. The summed E-state index contributed by atoms with van der Waals surface area (Å²) in [5.41, 5.74) is 3.57. The highest BCUT2D eigenvalue weighted by molar-refractivity contribution is 5.86. The summed E-state index contributed by atoms with van der Waals surface area (Å²) < 4.78 is 0. The van der Waals surface area contributed by atoms with Gasteiger partial charge in [-0.15, -0.1) is 0 Å². The Morgan fingerprint density at radius 1 is 1.15 bits per heavy atom. The van der Waals surface area contributed by atoms with Crippen molar-refractivity contribution in [3.8, 4) is 0 Å². The van der Waals surface area contributed by atoms with E-state index in [1.54, 1.807) is 4.90 Å². The third kappa shape index (κ3) is 4.96. The number of piperidine rings is 1. The Morgan fingerprint density at radius 3 is 2.74 bits per heavy atom. The molecule has 0 radical (unpaired) electrons. The van der Waals surface area contributed by atoms with Crippen molar-refractivity contribution in [3.05, 3.63) is 70.8 Å². The number of amides is 1. The van der Waals surface area contributed by atoms with E-state index in [0.29, 0.717) is 26.1 Å². The fraction of sp³-hybridized carbons (Fsp3) is 0.435. The molecular weight excluding hydrogens is 336 g/mol.